The number of hydrogen-bond acceptors (Lipinski definition) is 5. The van der Waals surface area contributed by atoms with Crippen LogP contribution in [0.25, 0.3) is 11.0 Å². The summed E-state index contributed by atoms with van der Waals surface area (Å²) >= 11 is 0. The number of anilines is 1. The van der Waals surface area contributed by atoms with E-state index < -0.39 is 5.82 Å². The molecule has 0 bridgehead atoms. The number of urea groups is 1. The number of nitrogens with zero attached hydrogens (tertiary/aromatic N) is 3. The number of carbonyl (C=O) groups excluding carboxylic acids is 1. The Labute approximate surface area is 200 Å². The van der Waals surface area contributed by atoms with E-state index in [-0.39, 0.29) is 24.1 Å². The molecule has 1 aliphatic heterocycles. The van der Waals surface area contributed by atoms with E-state index in [0.717, 1.165) is 72.6 Å². The Bertz CT molecular complexity index is 1160. The van der Waals surface area contributed by atoms with Crippen molar-refractivity contribution in [1.29, 1.82) is 0 Å². The number of amides is 2. The first-order valence-electron chi connectivity index (χ1n) is 11.8. The molecule has 0 spiro atoms. The number of fused-ring (bicyclic) bond motifs is 1. The average Bonchev–Trinajstić information content (AvgIpc) is 3.27. The summed E-state index contributed by atoms with van der Waals surface area (Å²) in [7, 11) is 5.61. The molecule has 10 heteroatoms. The van der Waals surface area contributed by atoms with Crippen LogP contribution in [0.1, 0.15) is 43.5 Å². The van der Waals surface area contributed by atoms with Gasteiger partial charge in [0.2, 0.25) is 0 Å². The predicted molar refractivity (Wildman–Crippen MR) is 131 cm³/mol. The van der Waals surface area contributed by atoms with E-state index in [0.29, 0.717) is 6.54 Å². The van der Waals surface area contributed by atoms with Crippen LogP contribution >= 0.6 is 0 Å². The fourth-order valence-electron chi connectivity index (χ4n) is 4.22. The van der Waals surface area contributed by atoms with Crippen LogP contribution in [0.15, 0.2) is 24.4 Å². The van der Waals surface area contributed by atoms with Gasteiger partial charge in [0.25, 0.3) is 0 Å². The highest BCUT2D eigenvalue weighted by atomic mass is 19.1. The van der Waals surface area contributed by atoms with Gasteiger partial charge in [-0.1, -0.05) is 24.5 Å². The summed E-state index contributed by atoms with van der Waals surface area (Å²) in [6.45, 7) is 6.83. The SMILES string of the molecule is [B]c1cc(CNC(=O)NCc2c(CC)nc3c(cnn3CC)c2NC2CCOCC2)ccc1F. The van der Waals surface area contributed by atoms with Gasteiger partial charge in [0.05, 0.1) is 17.3 Å². The van der Waals surface area contributed by atoms with Crippen LogP contribution in [0.5, 0.6) is 0 Å². The van der Waals surface area contributed by atoms with Crippen molar-refractivity contribution in [2.45, 2.75) is 58.8 Å². The molecule has 1 aromatic carbocycles. The van der Waals surface area contributed by atoms with Gasteiger partial charge in [-0.2, -0.15) is 5.10 Å². The molecule has 178 valence electrons. The maximum absolute atomic E-state index is 13.4. The van der Waals surface area contributed by atoms with Crippen molar-refractivity contribution in [3.8, 4) is 0 Å². The highest BCUT2D eigenvalue weighted by Gasteiger charge is 2.22. The lowest BCUT2D eigenvalue weighted by atomic mass is 9.94. The van der Waals surface area contributed by atoms with E-state index in [1.807, 2.05) is 17.8 Å². The number of halogens is 1. The minimum atomic E-state index is -0.473. The minimum Gasteiger partial charge on any atom is -0.381 e. The molecular weight excluding hydrogens is 434 g/mol. The number of ether oxygens (including phenoxy) is 1. The van der Waals surface area contributed by atoms with Crippen LogP contribution in [0.3, 0.4) is 0 Å². The molecule has 3 N–H and O–H groups in total. The maximum Gasteiger partial charge on any atom is 0.315 e. The third-order valence-electron chi connectivity index (χ3n) is 6.12. The Morgan fingerprint density at radius 2 is 2.00 bits per heavy atom. The summed E-state index contributed by atoms with van der Waals surface area (Å²) in [6.07, 6.45) is 4.40. The smallest absolute Gasteiger partial charge is 0.315 e. The van der Waals surface area contributed by atoms with Gasteiger partial charge in [-0.3, -0.25) is 0 Å². The molecular formula is C24H30BFN6O2. The zero-order chi connectivity index (χ0) is 24.1. The highest BCUT2D eigenvalue weighted by molar-refractivity contribution is 6.32. The van der Waals surface area contributed by atoms with Gasteiger partial charge in [-0.05, 0) is 37.8 Å². The first kappa shape index (κ1) is 24.0. The predicted octanol–water partition coefficient (Wildman–Crippen LogP) is 2.54. The van der Waals surface area contributed by atoms with Crippen LogP contribution < -0.4 is 21.4 Å². The standard InChI is InChI=1S/C24H30BFN6O2/c1-3-21-17(13-28-24(33)27-12-15-5-6-20(26)19(25)11-15)22(30-16-7-9-34-10-8-16)18-14-29-32(4-2)23(18)31-21/h5-6,11,14,16H,3-4,7-10,12-13H2,1-2H3,(H,30,31)(H2,27,28,33). The maximum atomic E-state index is 13.4. The van der Waals surface area contributed by atoms with Gasteiger partial charge in [0.15, 0.2) is 5.65 Å². The Balaban J connectivity index is 1.54. The Morgan fingerprint density at radius 3 is 2.71 bits per heavy atom. The molecule has 34 heavy (non-hydrogen) atoms. The lowest BCUT2D eigenvalue weighted by Gasteiger charge is -2.26. The van der Waals surface area contributed by atoms with Crippen LogP contribution in [-0.4, -0.2) is 47.9 Å². The molecule has 2 amide bonds. The zero-order valence-electron chi connectivity index (χ0n) is 19.7. The molecule has 2 radical (unpaired) electrons. The van der Waals surface area contributed by atoms with Crippen LogP contribution in [0.4, 0.5) is 14.9 Å². The third kappa shape index (κ3) is 5.33. The van der Waals surface area contributed by atoms with Crippen LogP contribution in [0.2, 0.25) is 0 Å². The quantitative estimate of drug-likeness (QED) is 0.446. The lowest BCUT2D eigenvalue weighted by Crippen LogP contribution is -2.35. The van der Waals surface area contributed by atoms with Crippen molar-refractivity contribution in [2.24, 2.45) is 0 Å². The largest absolute Gasteiger partial charge is 0.381 e. The zero-order valence-corrected chi connectivity index (χ0v) is 19.7. The van der Waals surface area contributed by atoms with E-state index in [1.165, 1.54) is 12.1 Å². The monoisotopic (exact) mass is 464 g/mol. The molecule has 1 aliphatic rings. The highest BCUT2D eigenvalue weighted by Crippen LogP contribution is 2.31. The van der Waals surface area contributed by atoms with Gasteiger partial charge in [-0.25, -0.2) is 18.9 Å². The number of nitrogens with one attached hydrogen (secondary N) is 3. The molecule has 1 fully saturated rings. The van der Waals surface area contributed by atoms with Gasteiger partial charge >= 0.3 is 6.03 Å². The van der Waals surface area contributed by atoms with E-state index in [9.17, 15) is 9.18 Å². The van der Waals surface area contributed by atoms with Crippen molar-refractivity contribution in [2.75, 3.05) is 18.5 Å². The summed E-state index contributed by atoms with van der Waals surface area (Å²) in [5, 5.41) is 14.9. The first-order valence-corrected chi connectivity index (χ1v) is 11.8. The molecule has 3 aromatic rings. The fraction of sp³-hybridized carbons (Fsp3) is 0.458. The Hall–Kier alpha value is -3.14. The average molecular weight is 464 g/mol. The van der Waals surface area contributed by atoms with Gasteiger partial charge in [-0.15, -0.1) is 0 Å². The summed E-state index contributed by atoms with van der Waals surface area (Å²) in [4.78, 5) is 17.4. The fourth-order valence-corrected chi connectivity index (χ4v) is 4.22. The molecule has 2 aromatic heterocycles. The van der Waals surface area contributed by atoms with Crippen LogP contribution in [0, 0.1) is 5.82 Å². The number of benzene rings is 1. The summed E-state index contributed by atoms with van der Waals surface area (Å²) in [5.74, 6) is -0.473. The van der Waals surface area contributed by atoms with E-state index >= 15 is 0 Å². The number of rotatable bonds is 8. The molecule has 8 nitrogen and oxygen atoms in total. The third-order valence-corrected chi connectivity index (χ3v) is 6.12. The van der Waals surface area contributed by atoms with Crippen molar-refractivity contribution in [3.63, 3.8) is 0 Å². The van der Waals surface area contributed by atoms with Crippen molar-refractivity contribution in [1.82, 2.24) is 25.4 Å². The molecule has 0 saturated carbocycles. The number of carbonyl (C=O) groups is 1. The minimum absolute atomic E-state index is 0.0585. The molecule has 4 rings (SSSR count). The summed E-state index contributed by atoms with van der Waals surface area (Å²) < 4.78 is 20.8. The second kappa shape index (κ2) is 10.9. The van der Waals surface area contributed by atoms with Gasteiger partial charge < -0.3 is 20.7 Å². The van der Waals surface area contributed by atoms with Crippen LogP contribution in [-0.2, 0) is 30.8 Å². The second-order valence-electron chi connectivity index (χ2n) is 8.39. The normalized spacial score (nSPS) is 14.3. The van der Waals surface area contributed by atoms with E-state index in [1.54, 1.807) is 6.07 Å². The molecule has 0 aliphatic carbocycles. The summed E-state index contributed by atoms with van der Waals surface area (Å²) in [5.41, 5.74) is 4.47. The number of hydrogen-bond donors (Lipinski definition) is 3. The second-order valence-corrected chi connectivity index (χ2v) is 8.39. The number of pyridine rings is 1. The summed E-state index contributed by atoms with van der Waals surface area (Å²) in [6, 6.07) is 4.37. The van der Waals surface area contributed by atoms with Crippen molar-refractivity contribution >= 4 is 36.1 Å². The molecule has 0 atom stereocenters. The van der Waals surface area contributed by atoms with Gasteiger partial charge in [0.1, 0.15) is 13.7 Å². The Morgan fingerprint density at radius 1 is 1.24 bits per heavy atom. The molecule has 3 heterocycles. The number of aryl methyl sites for hydroxylation is 2. The van der Waals surface area contributed by atoms with Crippen molar-refractivity contribution < 1.29 is 13.9 Å². The molecule has 1 saturated heterocycles. The topological polar surface area (TPSA) is 93.1 Å². The van der Waals surface area contributed by atoms with Gasteiger partial charge in [0, 0.05) is 50.1 Å². The van der Waals surface area contributed by atoms with Crippen molar-refractivity contribution in [3.05, 3.63) is 47.0 Å². The van der Waals surface area contributed by atoms with E-state index in [4.69, 9.17) is 17.6 Å². The Kier molecular flexibility index (Phi) is 7.67. The molecule has 0 unspecified atom stereocenters. The lowest BCUT2D eigenvalue weighted by molar-refractivity contribution is 0.0904. The van der Waals surface area contributed by atoms with E-state index in [2.05, 4.69) is 28.0 Å². The first-order chi connectivity index (χ1) is 16.5. The number of aromatic nitrogens is 3.